The zero-order chi connectivity index (χ0) is 13.4. The lowest BCUT2D eigenvalue weighted by molar-refractivity contribution is 0.280. The van der Waals surface area contributed by atoms with Gasteiger partial charge in [-0.2, -0.15) is 5.26 Å². The Morgan fingerprint density at radius 3 is 2.95 bits per heavy atom. The monoisotopic (exact) mass is 250 g/mol. The van der Waals surface area contributed by atoms with Crippen LogP contribution in [0.5, 0.6) is 5.75 Å². The summed E-state index contributed by atoms with van der Waals surface area (Å²) < 4.78 is 5.88. The van der Waals surface area contributed by atoms with Crippen molar-refractivity contribution in [3.63, 3.8) is 0 Å². The first-order valence-corrected chi connectivity index (χ1v) is 6.25. The predicted octanol–water partition coefficient (Wildman–Crippen LogP) is 3.46. The molecule has 1 aliphatic heterocycles. The van der Waals surface area contributed by atoms with Gasteiger partial charge in [0.25, 0.3) is 0 Å². The standard InChI is InChI=1S/C16H14N2O/c1-11(9-17)18-12(2)10-19-16-14-6-4-3-5-13(14)7-8-15(16)18/h3-8,12H,1,10H2,2H3. The van der Waals surface area contributed by atoms with Crippen molar-refractivity contribution >= 4 is 16.5 Å². The van der Waals surface area contributed by atoms with E-state index in [2.05, 4.69) is 18.7 Å². The number of ether oxygens (including phenoxy) is 1. The number of nitriles is 1. The number of benzene rings is 2. The molecule has 0 bridgehead atoms. The lowest BCUT2D eigenvalue weighted by Crippen LogP contribution is -2.39. The molecule has 0 fully saturated rings. The van der Waals surface area contributed by atoms with E-state index in [1.165, 1.54) is 0 Å². The van der Waals surface area contributed by atoms with Crippen molar-refractivity contribution in [3.05, 3.63) is 48.7 Å². The van der Waals surface area contributed by atoms with Crippen LogP contribution >= 0.6 is 0 Å². The van der Waals surface area contributed by atoms with Crippen molar-refractivity contribution < 1.29 is 4.74 Å². The van der Waals surface area contributed by atoms with Gasteiger partial charge in [0.2, 0.25) is 0 Å². The van der Waals surface area contributed by atoms with Gasteiger partial charge >= 0.3 is 0 Å². The molecule has 19 heavy (non-hydrogen) atoms. The van der Waals surface area contributed by atoms with Crippen molar-refractivity contribution in [2.24, 2.45) is 0 Å². The number of hydrogen-bond acceptors (Lipinski definition) is 3. The van der Waals surface area contributed by atoms with E-state index in [0.717, 1.165) is 22.2 Å². The average Bonchev–Trinajstić information content (AvgIpc) is 2.46. The third-order valence-corrected chi connectivity index (χ3v) is 3.45. The van der Waals surface area contributed by atoms with Crippen LogP contribution in [0.2, 0.25) is 0 Å². The zero-order valence-electron chi connectivity index (χ0n) is 10.8. The summed E-state index contributed by atoms with van der Waals surface area (Å²) in [5.74, 6) is 0.840. The fourth-order valence-electron chi connectivity index (χ4n) is 2.55. The average molecular weight is 250 g/mol. The molecule has 2 aromatic carbocycles. The van der Waals surface area contributed by atoms with Gasteiger partial charge in [0.05, 0.1) is 11.7 Å². The largest absolute Gasteiger partial charge is 0.489 e. The second-order valence-corrected chi connectivity index (χ2v) is 4.72. The third kappa shape index (κ3) is 1.73. The first-order valence-electron chi connectivity index (χ1n) is 6.25. The lowest BCUT2D eigenvalue weighted by atomic mass is 10.0. The van der Waals surface area contributed by atoms with Gasteiger partial charge in [0, 0.05) is 5.39 Å². The lowest BCUT2D eigenvalue weighted by Gasteiger charge is -2.36. The molecule has 2 aromatic rings. The van der Waals surface area contributed by atoms with Crippen LogP contribution in [0.4, 0.5) is 5.69 Å². The maximum Gasteiger partial charge on any atom is 0.150 e. The molecule has 1 aliphatic rings. The molecular weight excluding hydrogens is 236 g/mol. The minimum Gasteiger partial charge on any atom is -0.489 e. The van der Waals surface area contributed by atoms with Gasteiger partial charge in [0.15, 0.2) is 5.75 Å². The highest BCUT2D eigenvalue weighted by Gasteiger charge is 2.27. The molecule has 0 aromatic heterocycles. The number of anilines is 1. The Balaban J connectivity index is 2.24. The van der Waals surface area contributed by atoms with Crippen LogP contribution < -0.4 is 9.64 Å². The second kappa shape index (κ2) is 4.33. The first kappa shape index (κ1) is 11.6. The van der Waals surface area contributed by atoms with E-state index in [9.17, 15) is 0 Å². The number of hydrogen-bond donors (Lipinski definition) is 0. The quantitative estimate of drug-likeness (QED) is 0.727. The molecule has 0 radical (unpaired) electrons. The van der Waals surface area contributed by atoms with Gasteiger partial charge < -0.3 is 9.64 Å². The van der Waals surface area contributed by atoms with Crippen molar-refractivity contribution in [1.29, 1.82) is 5.26 Å². The number of rotatable bonds is 1. The molecule has 1 atom stereocenters. The number of fused-ring (bicyclic) bond motifs is 3. The van der Waals surface area contributed by atoms with E-state index >= 15 is 0 Å². The molecule has 0 aliphatic carbocycles. The van der Waals surface area contributed by atoms with Gasteiger partial charge in [-0.25, -0.2) is 0 Å². The first-order chi connectivity index (χ1) is 9.22. The molecular formula is C16H14N2O. The summed E-state index contributed by atoms with van der Waals surface area (Å²) in [6.07, 6.45) is 0. The summed E-state index contributed by atoms with van der Waals surface area (Å²) in [5, 5.41) is 11.3. The molecule has 3 rings (SSSR count). The number of allylic oxidation sites excluding steroid dienone is 1. The van der Waals surface area contributed by atoms with Crippen molar-refractivity contribution in [1.82, 2.24) is 0 Å². The highest BCUT2D eigenvalue weighted by molar-refractivity contribution is 5.94. The minimum absolute atomic E-state index is 0.112. The van der Waals surface area contributed by atoms with Gasteiger partial charge in [-0.1, -0.05) is 36.9 Å². The summed E-state index contributed by atoms with van der Waals surface area (Å²) in [6.45, 7) is 6.42. The Morgan fingerprint density at radius 2 is 2.16 bits per heavy atom. The van der Waals surface area contributed by atoms with E-state index in [4.69, 9.17) is 10.00 Å². The SMILES string of the molecule is C=C(C#N)N1c2ccc3ccccc3c2OCC1C. The Bertz CT molecular complexity index is 699. The Hall–Kier alpha value is -2.47. The molecule has 3 heteroatoms. The van der Waals surface area contributed by atoms with Crippen LogP contribution in [-0.2, 0) is 0 Å². The Kier molecular flexibility index (Phi) is 2.64. The molecule has 0 N–H and O–H groups in total. The van der Waals surface area contributed by atoms with E-state index < -0.39 is 0 Å². The second-order valence-electron chi connectivity index (χ2n) is 4.72. The van der Waals surface area contributed by atoms with Gasteiger partial charge in [0.1, 0.15) is 18.4 Å². The topological polar surface area (TPSA) is 36.3 Å². The summed E-state index contributed by atoms with van der Waals surface area (Å²) in [7, 11) is 0. The summed E-state index contributed by atoms with van der Waals surface area (Å²) in [4.78, 5) is 1.95. The summed E-state index contributed by atoms with van der Waals surface area (Å²) >= 11 is 0. The molecule has 1 unspecified atom stereocenters. The van der Waals surface area contributed by atoms with Crippen molar-refractivity contribution in [2.45, 2.75) is 13.0 Å². The zero-order valence-corrected chi connectivity index (χ0v) is 10.8. The normalized spacial score (nSPS) is 17.5. The van der Waals surface area contributed by atoms with Crippen LogP contribution in [0, 0.1) is 11.3 Å². The molecule has 0 saturated heterocycles. The van der Waals surface area contributed by atoms with Crippen LogP contribution in [0.25, 0.3) is 10.8 Å². The van der Waals surface area contributed by atoms with Crippen LogP contribution in [0.3, 0.4) is 0 Å². The van der Waals surface area contributed by atoms with E-state index in [1.54, 1.807) is 0 Å². The molecule has 1 heterocycles. The third-order valence-electron chi connectivity index (χ3n) is 3.45. The fraction of sp³-hybridized carbons (Fsp3) is 0.188. The van der Waals surface area contributed by atoms with E-state index in [0.29, 0.717) is 12.3 Å². The smallest absolute Gasteiger partial charge is 0.150 e. The van der Waals surface area contributed by atoms with Gasteiger partial charge in [-0.15, -0.1) is 0 Å². The van der Waals surface area contributed by atoms with E-state index in [1.807, 2.05) is 42.2 Å². The highest BCUT2D eigenvalue weighted by atomic mass is 16.5. The fourth-order valence-corrected chi connectivity index (χ4v) is 2.55. The maximum atomic E-state index is 9.11. The molecule has 3 nitrogen and oxygen atoms in total. The number of nitrogens with zero attached hydrogens (tertiary/aromatic N) is 2. The molecule has 0 amide bonds. The Morgan fingerprint density at radius 1 is 1.37 bits per heavy atom. The van der Waals surface area contributed by atoms with Crippen LogP contribution in [0.1, 0.15) is 6.92 Å². The van der Waals surface area contributed by atoms with Crippen molar-refractivity contribution in [2.75, 3.05) is 11.5 Å². The maximum absolute atomic E-state index is 9.11. The molecule has 0 spiro atoms. The van der Waals surface area contributed by atoms with Crippen molar-refractivity contribution in [3.8, 4) is 11.8 Å². The van der Waals surface area contributed by atoms with Gasteiger partial charge in [-0.3, -0.25) is 0 Å². The summed E-state index contributed by atoms with van der Waals surface area (Å²) in [6, 6.07) is 14.4. The highest BCUT2D eigenvalue weighted by Crippen LogP contribution is 2.41. The van der Waals surface area contributed by atoms with E-state index in [-0.39, 0.29) is 6.04 Å². The minimum atomic E-state index is 0.112. The van der Waals surface area contributed by atoms with Crippen LogP contribution in [0.15, 0.2) is 48.7 Å². The molecule has 0 saturated carbocycles. The summed E-state index contributed by atoms with van der Waals surface area (Å²) in [5.41, 5.74) is 1.37. The van der Waals surface area contributed by atoms with Gasteiger partial charge in [-0.05, 0) is 18.4 Å². The van der Waals surface area contributed by atoms with Crippen LogP contribution in [-0.4, -0.2) is 12.6 Å². The Labute approximate surface area is 112 Å². The molecule has 94 valence electrons. The predicted molar refractivity (Wildman–Crippen MR) is 76.1 cm³/mol.